The van der Waals surface area contributed by atoms with Crippen molar-refractivity contribution in [3.05, 3.63) is 0 Å². The molecule has 0 spiro atoms. The molecule has 1 fully saturated rings. The van der Waals surface area contributed by atoms with E-state index in [1.165, 1.54) is 0 Å². The van der Waals surface area contributed by atoms with Crippen molar-refractivity contribution in [1.29, 1.82) is 0 Å². The van der Waals surface area contributed by atoms with Gasteiger partial charge in [0, 0.05) is 26.7 Å². The first-order valence-corrected chi connectivity index (χ1v) is 4.35. The van der Waals surface area contributed by atoms with Gasteiger partial charge in [0.15, 0.2) is 5.96 Å². The lowest BCUT2D eigenvalue weighted by atomic mass is 10.3. The zero-order valence-corrected chi connectivity index (χ0v) is 7.79. The highest BCUT2D eigenvalue weighted by molar-refractivity contribution is 5.78. The largest absolute Gasteiger partial charge is 0.380 e. The van der Waals surface area contributed by atoms with Gasteiger partial charge in [-0.2, -0.15) is 0 Å². The molecule has 70 valence electrons. The van der Waals surface area contributed by atoms with Crippen LogP contribution in [0.1, 0.15) is 13.3 Å². The maximum Gasteiger partial charge on any atom is 0.191 e. The Balaban J connectivity index is 2.41. The molecule has 0 amide bonds. The Morgan fingerprint density at radius 2 is 2.50 bits per heavy atom. The van der Waals surface area contributed by atoms with Crippen LogP contribution in [0.4, 0.5) is 0 Å². The molecule has 0 aliphatic carbocycles. The van der Waals surface area contributed by atoms with Crippen LogP contribution in [0, 0.1) is 0 Å². The van der Waals surface area contributed by atoms with Gasteiger partial charge in [0.2, 0.25) is 0 Å². The lowest BCUT2D eigenvalue weighted by Gasteiger charge is -2.16. The highest BCUT2D eigenvalue weighted by Crippen LogP contribution is 2.10. The minimum atomic E-state index is 0.329. The monoisotopic (exact) mass is 171 g/mol. The minimum absolute atomic E-state index is 0.329. The Labute approximate surface area is 73.4 Å². The maximum atomic E-state index is 5.73. The zero-order valence-electron chi connectivity index (χ0n) is 7.79. The third-order valence-corrected chi connectivity index (χ3v) is 2.12. The third-order valence-electron chi connectivity index (χ3n) is 2.12. The molecule has 12 heavy (non-hydrogen) atoms. The molecule has 1 saturated heterocycles. The number of guanidine groups is 1. The number of hydrogen-bond acceptors (Lipinski definition) is 2. The molecule has 0 aromatic rings. The fraction of sp³-hybridized carbons (Fsp3) is 0.875. The molecule has 1 aliphatic rings. The predicted octanol–water partition coefficient (Wildman–Crippen LogP) is 0.0417. The van der Waals surface area contributed by atoms with Gasteiger partial charge >= 0.3 is 0 Å². The van der Waals surface area contributed by atoms with Crippen LogP contribution >= 0.6 is 0 Å². The number of nitrogens with two attached hydrogens (primary N) is 1. The van der Waals surface area contributed by atoms with E-state index in [0.29, 0.717) is 12.1 Å². The second kappa shape index (κ2) is 4.30. The van der Waals surface area contributed by atoms with Gasteiger partial charge in [-0.25, -0.2) is 0 Å². The molecule has 4 nitrogen and oxygen atoms in total. The highest BCUT2D eigenvalue weighted by Gasteiger charge is 2.22. The molecule has 0 saturated carbocycles. The summed E-state index contributed by atoms with van der Waals surface area (Å²) in [6.45, 7) is 4.58. The SMILES string of the molecule is CCN=C(N)N1CCC(OC)C1. The number of methoxy groups -OCH3 is 1. The summed E-state index contributed by atoms with van der Waals surface area (Å²) in [5.74, 6) is 0.650. The van der Waals surface area contributed by atoms with Gasteiger partial charge in [-0.15, -0.1) is 0 Å². The summed E-state index contributed by atoms with van der Waals surface area (Å²) in [6, 6.07) is 0. The minimum Gasteiger partial charge on any atom is -0.380 e. The molecule has 1 rings (SSSR count). The molecule has 1 heterocycles. The Morgan fingerprint density at radius 1 is 1.75 bits per heavy atom. The molecular formula is C8H17N3O. The molecule has 2 N–H and O–H groups in total. The zero-order chi connectivity index (χ0) is 8.97. The average molecular weight is 171 g/mol. The average Bonchev–Trinajstić information content (AvgIpc) is 2.52. The van der Waals surface area contributed by atoms with Gasteiger partial charge in [-0.1, -0.05) is 0 Å². The lowest BCUT2D eigenvalue weighted by molar-refractivity contribution is 0.114. The number of aliphatic imine (C=N–C) groups is 1. The summed E-state index contributed by atoms with van der Waals surface area (Å²) in [6.07, 6.45) is 1.38. The summed E-state index contributed by atoms with van der Waals surface area (Å²) >= 11 is 0. The van der Waals surface area contributed by atoms with Crippen LogP contribution in [0.15, 0.2) is 4.99 Å². The Bertz CT molecular complexity index is 170. The van der Waals surface area contributed by atoms with Crippen LogP contribution in [0.3, 0.4) is 0 Å². The molecule has 0 radical (unpaired) electrons. The van der Waals surface area contributed by atoms with E-state index in [1.807, 2.05) is 6.92 Å². The van der Waals surface area contributed by atoms with E-state index in [0.717, 1.165) is 26.1 Å². The molecule has 0 bridgehead atoms. The Hall–Kier alpha value is -0.770. The first-order chi connectivity index (χ1) is 5.77. The fourth-order valence-electron chi connectivity index (χ4n) is 1.39. The smallest absolute Gasteiger partial charge is 0.191 e. The van der Waals surface area contributed by atoms with Crippen molar-refractivity contribution in [3.63, 3.8) is 0 Å². The van der Waals surface area contributed by atoms with Crippen molar-refractivity contribution in [3.8, 4) is 0 Å². The molecule has 4 heteroatoms. The van der Waals surface area contributed by atoms with Crippen LogP contribution in [-0.2, 0) is 4.74 Å². The quantitative estimate of drug-likeness (QED) is 0.471. The summed E-state index contributed by atoms with van der Waals surface area (Å²) in [7, 11) is 1.74. The Morgan fingerprint density at radius 3 is 3.00 bits per heavy atom. The standard InChI is InChI=1S/C8H17N3O/c1-3-10-8(9)11-5-4-7(6-11)12-2/h7H,3-6H2,1-2H3,(H2,9,10). The first-order valence-electron chi connectivity index (χ1n) is 4.35. The highest BCUT2D eigenvalue weighted by atomic mass is 16.5. The summed E-state index contributed by atoms with van der Waals surface area (Å²) in [4.78, 5) is 6.21. The Kier molecular flexibility index (Phi) is 3.34. The van der Waals surface area contributed by atoms with Crippen molar-refractivity contribution in [2.24, 2.45) is 10.7 Å². The molecule has 0 aromatic carbocycles. The van der Waals surface area contributed by atoms with E-state index in [1.54, 1.807) is 7.11 Å². The van der Waals surface area contributed by atoms with Gasteiger partial charge in [-0.05, 0) is 13.3 Å². The number of hydrogen-bond donors (Lipinski definition) is 1. The van der Waals surface area contributed by atoms with E-state index in [4.69, 9.17) is 10.5 Å². The normalized spacial score (nSPS) is 25.0. The van der Waals surface area contributed by atoms with Crippen LogP contribution in [-0.4, -0.2) is 43.7 Å². The summed E-state index contributed by atoms with van der Waals surface area (Å²) in [5.41, 5.74) is 5.73. The van der Waals surface area contributed by atoms with Crippen LogP contribution in [0.2, 0.25) is 0 Å². The first kappa shape index (κ1) is 9.32. The predicted molar refractivity (Wildman–Crippen MR) is 49.2 cm³/mol. The van der Waals surface area contributed by atoms with Crippen LogP contribution in [0.25, 0.3) is 0 Å². The topological polar surface area (TPSA) is 50.8 Å². The molecule has 1 atom stereocenters. The maximum absolute atomic E-state index is 5.73. The lowest BCUT2D eigenvalue weighted by Crippen LogP contribution is -2.36. The third kappa shape index (κ3) is 2.11. The number of likely N-dealkylation sites (tertiary alicyclic amines) is 1. The molecule has 1 aliphatic heterocycles. The van der Waals surface area contributed by atoms with Gasteiger partial charge in [0.05, 0.1) is 6.10 Å². The number of ether oxygens (including phenoxy) is 1. The summed E-state index contributed by atoms with van der Waals surface area (Å²) < 4.78 is 5.22. The van der Waals surface area contributed by atoms with Gasteiger partial charge < -0.3 is 15.4 Å². The van der Waals surface area contributed by atoms with Crippen molar-refractivity contribution in [2.45, 2.75) is 19.4 Å². The number of nitrogens with zero attached hydrogens (tertiary/aromatic N) is 2. The van der Waals surface area contributed by atoms with Gasteiger partial charge in [0.1, 0.15) is 0 Å². The van der Waals surface area contributed by atoms with Gasteiger partial charge in [0.25, 0.3) is 0 Å². The van der Waals surface area contributed by atoms with Crippen molar-refractivity contribution >= 4 is 5.96 Å². The summed E-state index contributed by atoms with van der Waals surface area (Å²) in [5, 5.41) is 0. The van der Waals surface area contributed by atoms with E-state index >= 15 is 0 Å². The van der Waals surface area contributed by atoms with Crippen LogP contribution < -0.4 is 5.73 Å². The second-order valence-corrected chi connectivity index (χ2v) is 2.92. The molecular weight excluding hydrogens is 154 g/mol. The van der Waals surface area contributed by atoms with E-state index < -0.39 is 0 Å². The van der Waals surface area contributed by atoms with Crippen LogP contribution in [0.5, 0.6) is 0 Å². The second-order valence-electron chi connectivity index (χ2n) is 2.92. The van der Waals surface area contributed by atoms with E-state index in [9.17, 15) is 0 Å². The number of rotatable bonds is 2. The molecule has 1 unspecified atom stereocenters. The van der Waals surface area contributed by atoms with Crippen molar-refractivity contribution in [1.82, 2.24) is 4.90 Å². The van der Waals surface area contributed by atoms with Crippen molar-refractivity contribution < 1.29 is 4.74 Å². The molecule has 0 aromatic heterocycles. The van der Waals surface area contributed by atoms with Crippen molar-refractivity contribution in [2.75, 3.05) is 26.7 Å². The van der Waals surface area contributed by atoms with E-state index in [2.05, 4.69) is 9.89 Å². The van der Waals surface area contributed by atoms with Gasteiger partial charge in [-0.3, -0.25) is 4.99 Å². The fourth-order valence-corrected chi connectivity index (χ4v) is 1.39. The van der Waals surface area contributed by atoms with E-state index in [-0.39, 0.29) is 0 Å².